The van der Waals surface area contributed by atoms with Crippen LogP contribution < -0.4 is 15.4 Å². The molecule has 0 aliphatic carbocycles. The summed E-state index contributed by atoms with van der Waals surface area (Å²) in [5.41, 5.74) is 3.50. The van der Waals surface area contributed by atoms with Gasteiger partial charge in [-0.3, -0.25) is 4.79 Å². The van der Waals surface area contributed by atoms with E-state index in [1.54, 1.807) is 31.5 Å². The van der Waals surface area contributed by atoms with Gasteiger partial charge < -0.3 is 15.4 Å². The largest absolute Gasteiger partial charge is 0.495 e. The van der Waals surface area contributed by atoms with E-state index in [0.717, 1.165) is 22.6 Å². The third-order valence-corrected chi connectivity index (χ3v) is 4.19. The summed E-state index contributed by atoms with van der Waals surface area (Å²) >= 11 is 6.13. The molecule has 0 radical (unpaired) electrons. The zero-order chi connectivity index (χ0) is 18.5. The van der Waals surface area contributed by atoms with Crippen LogP contribution in [0.25, 0.3) is 0 Å². The Bertz CT molecular complexity index is 912. The number of benzene rings is 2. The van der Waals surface area contributed by atoms with Gasteiger partial charge >= 0.3 is 0 Å². The van der Waals surface area contributed by atoms with Crippen LogP contribution >= 0.6 is 11.6 Å². The standard InChI is InChI=1S/C20H18ClN3O2/c1-13-10-18(19(26-2)11-16(13)21)23-15-8-9-17(22-12-15)20(25)24-14-6-4-3-5-7-14/h3-12,23H,1-2H3,(H,24,25). The molecule has 3 rings (SSSR count). The number of carbonyl (C=O) groups is 1. The highest BCUT2D eigenvalue weighted by atomic mass is 35.5. The van der Waals surface area contributed by atoms with Crippen LogP contribution in [0.15, 0.2) is 60.8 Å². The van der Waals surface area contributed by atoms with Crippen molar-refractivity contribution in [3.05, 3.63) is 77.1 Å². The van der Waals surface area contributed by atoms with E-state index in [-0.39, 0.29) is 5.91 Å². The van der Waals surface area contributed by atoms with Crippen LogP contribution in [0.2, 0.25) is 5.02 Å². The number of nitrogens with zero attached hydrogens (tertiary/aromatic N) is 1. The van der Waals surface area contributed by atoms with E-state index in [1.165, 1.54) is 0 Å². The average Bonchev–Trinajstić information content (AvgIpc) is 2.66. The molecule has 1 amide bonds. The molecule has 2 N–H and O–H groups in total. The number of methoxy groups -OCH3 is 1. The first kappa shape index (κ1) is 17.8. The third kappa shape index (κ3) is 4.13. The number of carbonyl (C=O) groups excluding carboxylic acids is 1. The Morgan fingerprint density at radius 2 is 1.85 bits per heavy atom. The van der Waals surface area contributed by atoms with E-state index in [9.17, 15) is 4.79 Å². The molecule has 6 heteroatoms. The average molecular weight is 368 g/mol. The van der Waals surface area contributed by atoms with Gasteiger partial charge in [-0.05, 0) is 42.8 Å². The zero-order valence-corrected chi connectivity index (χ0v) is 15.2. The number of halogens is 1. The highest BCUT2D eigenvalue weighted by Crippen LogP contribution is 2.32. The maximum absolute atomic E-state index is 12.2. The SMILES string of the molecule is COc1cc(Cl)c(C)cc1Nc1ccc(C(=O)Nc2ccccc2)nc1. The Morgan fingerprint density at radius 1 is 1.08 bits per heavy atom. The molecule has 1 heterocycles. The molecular formula is C20H18ClN3O2. The van der Waals surface area contributed by atoms with Gasteiger partial charge in [0.2, 0.25) is 0 Å². The number of pyridine rings is 1. The molecular weight excluding hydrogens is 350 g/mol. The Hall–Kier alpha value is -3.05. The quantitative estimate of drug-likeness (QED) is 0.662. The lowest BCUT2D eigenvalue weighted by atomic mass is 10.2. The van der Waals surface area contributed by atoms with Crippen LogP contribution in [0, 0.1) is 6.92 Å². The smallest absolute Gasteiger partial charge is 0.274 e. The summed E-state index contributed by atoms with van der Waals surface area (Å²) < 4.78 is 5.35. The van der Waals surface area contributed by atoms with Crippen molar-refractivity contribution in [3.8, 4) is 5.75 Å². The van der Waals surface area contributed by atoms with Gasteiger partial charge in [-0.1, -0.05) is 29.8 Å². The monoisotopic (exact) mass is 367 g/mol. The number of hydrogen-bond acceptors (Lipinski definition) is 4. The number of para-hydroxylation sites is 1. The van der Waals surface area contributed by atoms with E-state index in [2.05, 4.69) is 15.6 Å². The highest BCUT2D eigenvalue weighted by molar-refractivity contribution is 6.31. The van der Waals surface area contributed by atoms with Gasteiger partial charge in [-0.25, -0.2) is 4.98 Å². The molecule has 0 spiro atoms. The summed E-state index contributed by atoms with van der Waals surface area (Å²) in [4.78, 5) is 16.5. The molecule has 1 aromatic heterocycles. The van der Waals surface area contributed by atoms with Gasteiger partial charge in [0.25, 0.3) is 5.91 Å². The van der Waals surface area contributed by atoms with Crippen molar-refractivity contribution < 1.29 is 9.53 Å². The Labute approximate surface area is 157 Å². The van der Waals surface area contributed by atoms with Crippen LogP contribution in [0.4, 0.5) is 17.1 Å². The molecule has 0 saturated heterocycles. The van der Waals surface area contributed by atoms with Gasteiger partial charge in [-0.2, -0.15) is 0 Å². The van der Waals surface area contributed by atoms with Crippen molar-refractivity contribution in [1.29, 1.82) is 0 Å². The van der Waals surface area contributed by atoms with Crippen molar-refractivity contribution in [2.45, 2.75) is 6.92 Å². The molecule has 3 aromatic rings. The number of anilines is 3. The second-order valence-corrected chi connectivity index (χ2v) is 6.09. The number of amides is 1. The molecule has 0 unspecified atom stereocenters. The maximum atomic E-state index is 12.2. The fraction of sp³-hybridized carbons (Fsp3) is 0.100. The summed E-state index contributed by atoms with van der Waals surface area (Å²) in [6.45, 7) is 1.92. The fourth-order valence-electron chi connectivity index (χ4n) is 2.40. The molecule has 0 aliphatic heterocycles. The first-order valence-electron chi connectivity index (χ1n) is 8.00. The topological polar surface area (TPSA) is 63.2 Å². The van der Waals surface area contributed by atoms with Crippen LogP contribution in [-0.4, -0.2) is 18.0 Å². The molecule has 2 aromatic carbocycles. The molecule has 26 heavy (non-hydrogen) atoms. The van der Waals surface area contributed by atoms with Crippen LogP contribution in [0.5, 0.6) is 5.75 Å². The van der Waals surface area contributed by atoms with Gasteiger partial charge in [0.1, 0.15) is 11.4 Å². The summed E-state index contributed by atoms with van der Waals surface area (Å²) in [6, 6.07) is 16.4. The number of hydrogen-bond donors (Lipinski definition) is 2. The van der Waals surface area contributed by atoms with E-state index < -0.39 is 0 Å². The molecule has 132 valence electrons. The van der Waals surface area contributed by atoms with E-state index in [4.69, 9.17) is 16.3 Å². The number of aryl methyl sites for hydroxylation is 1. The summed E-state index contributed by atoms with van der Waals surface area (Å²) in [6.07, 6.45) is 1.60. The molecule has 0 aliphatic rings. The van der Waals surface area contributed by atoms with Crippen molar-refractivity contribution in [2.75, 3.05) is 17.7 Å². The van der Waals surface area contributed by atoms with E-state index >= 15 is 0 Å². The molecule has 0 fully saturated rings. The van der Waals surface area contributed by atoms with Crippen molar-refractivity contribution in [3.63, 3.8) is 0 Å². The fourth-order valence-corrected chi connectivity index (χ4v) is 2.56. The number of ether oxygens (including phenoxy) is 1. The lowest BCUT2D eigenvalue weighted by Gasteiger charge is -2.13. The normalized spacial score (nSPS) is 10.3. The maximum Gasteiger partial charge on any atom is 0.274 e. The first-order chi connectivity index (χ1) is 12.6. The minimum atomic E-state index is -0.261. The first-order valence-corrected chi connectivity index (χ1v) is 8.38. The van der Waals surface area contributed by atoms with Crippen LogP contribution in [0.3, 0.4) is 0 Å². The predicted molar refractivity (Wildman–Crippen MR) is 105 cm³/mol. The Kier molecular flexibility index (Phi) is 5.39. The Balaban J connectivity index is 1.74. The third-order valence-electron chi connectivity index (χ3n) is 3.79. The van der Waals surface area contributed by atoms with Crippen molar-refractivity contribution in [2.24, 2.45) is 0 Å². The van der Waals surface area contributed by atoms with Crippen LogP contribution in [0.1, 0.15) is 16.1 Å². The number of nitrogens with one attached hydrogen (secondary N) is 2. The molecule has 0 atom stereocenters. The van der Waals surface area contributed by atoms with Crippen molar-refractivity contribution in [1.82, 2.24) is 4.98 Å². The minimum Gasteiger partial charge on any atom is -0.495 e. The molecule has 5 nitrogen and oxygen atoms in total. The number of aromatic nitrogens is 1. The van der Waals surface area contributed by atoms with E-state index in [0.29, 0.717) is 16.5 Å². The van der Waals surface area contributed by atoms with Gasteiger partial charge in [0.15, 0.2) is 0 Å². The van der Waals surface area contributed by atoms with Crippen LogP contribution in [-0.2, 0) is 0 Å². The lowest BCUT2D eigenvalue weighted by molar-refractivity contribution is 0.102. The minimum absolute atomic E-state index is 0.261. The second kappa shape index (κ2) is 7.89. The van der Waals surface area contributed by atoms with E-state index in [1.807, 2.05) is 43.3 Å². The summed E-state index contributed by atoms with van der Waals surface area (Å²) in [5.74, 6) is 0.370. The summed E-state index contributed by atoms with van der Waals surface area (Å²) in [5, 5.41) is 6.67. The highest BCUT2D eigenvalue weighted by Gasteiger charge is 2.10. The summed E-state index contributed by atoms with van der Waals surface area (Å²) in [7, 11) is 1.58. The second-order valence-electron chi connectivity index (χ2n) is 5.68. The molecule has 0 bridgehead atoms. The van der Waals surface area contributed by atoms with Gasteiger partial charge in [0.05, 0.1) is 24.7 Å². The molecule has 0 saturated carbocycles. The van der Waals surface area contributed by atoms with Gasteiger partial charge in [0, 0.05) is 16.8 Å². The zero-order valence-electron chi connectivity index (χ0n) is 14.4. The number of rotatable bonds is 5. The van der Waals surface area contributed by atoms with Gasteiger partial charge in [-0.15, -0.1) is 0 Å². The van der Waals surface area contributed by atoms with Crippen molar-refractivity contribution >= 4 is 34.6 Å². The predicted octanol–water partition coefficient (Wildman–Crippen LogP) is 5.05. The Morgan fingerprint density at radius 3 is 2.50 bits per heavy atom. The lowest BCUT2D eigenvalue weighted by Crippen LogP contribution is -2.13.